The van der Waals surface area contributed by atoms with E-state index in [1.54, 1.807) is 31.4 Å². The predicted molar refractivity (Wildman–Crippen MR) is 73.8 cm³/mol. The van der Waals surface area contributed by atoms with E-state index in [-0.39, 0.29) is 10.7 Å². The van der Waals surface area contributed by atoms with E-state index < -0.39 is 4.92 Å². The highest BCUT2D eigenvalue weighted by Gasteiger charge is 2.18. The lowest BCUT2D eigenvalue weighted by atomic mass is 10.4. The highest BCUT2D eigenvalue weighted by Crippen LogP contribution is 2.35. The summed E-state index contributed by atoms with van der Waals surface area (Å²) >= 11 is 7.05. The first-order chi connectivity index (χ1) is 9.11. The van der Waals surface area contributed by atoms with Crippen LogP contribution in [0.15, 0.2) is 40.5 Å². The van der Waals surface area contributed by atoms with Gasteiger partial charge in [0.1, 0.15) is 10.8 Å². The predicted octanol–water partition coefficient (Wildman–Crippen LogP) is 3.23. The van der Waals surface area contributed by atoms with E-state index in [1.807, 2.05) is 0 Å². The van der Waals surface area contributed by atoms with Crippen molar-refractivity contribution >= 4 is 34.9 Å². The fourth-order valence-electron chi connectivity index (χ4n) is 1.32. The standard InChI is InChI=1S/C11H9ClN4O2S/c1-13-9-5-4-8(16(17)18)11(15-9)19-10-7(12)3-2-6-14-10/h2-6H,1H3,(H,13,15). The second-order valence-corrected chi connectivity index (χ2v) is 4.81. The van der Waals surface area contributed by atoms with Crippen LogP contribution in [0, 0.1) is 10.1 Å². The summed E-state index contributed by atoms with van der Waals surface area (Å²) in [6.07, 6.45) is 1.57. The molecule has 98 valence electrons. The second kappa shape index (κ2) is 5.85. The van der Waals surface area contributed by atoms with E-state index in [2.05, 4.69) is 15.3 Å². The Morgan fingerprint density at radius 2 is 2.16 bits per heavy atom. The minimum atomic E-state index is -0.481. The zero-order valence-corrected chi connectivity index (χ0v) is 11.4. The molecule has 0 aliphatic carbocycles. The maximum absolute atomic E-state index is 11.0. The molecule has 2 heterocycles. The topological polar surface area (TPSA) is 81.0 Å². The summed E-state index contributed by atoms with van der Waals surface area (Å²) in [6.45, 7) is 0. The van der Waals surface area contributed by atoms with Gasteiger partial charge in [-0.3, -0.25) is 10.1 Å². The number of halogens is 1. The fourth-order valence-corrected chi connectivity index (χ4v) is 2.41. The first-order valence-electron chi connectivity index (χ1n) is 5.23. The molecule has 2 aromatic rings. The molecule has 6 nitrogen and oxygen atoms in total. The molecule has 0 saturated carbocycles. The minimum absolute atomic E-state index is 0.0780. The number of nitrogens with zero attached hydrogens (tertiary/aromatic N) is 3. The second-order valence-electron chi connectivity index (χ2n) is 3.42. The molecule has 19 heavy (non-hydrogen) atoms. The van der Waals surface area contributed by atoms with E-state index in [1.165, 1.54) is 6.07 Å². The SMILES string of the molecule is CNc1ccc([N+](=O)[O-])c(Sc2ncccc2Cl)n1. The molecule has 0 aromatic carbocycles. The van der Waals surface area contributed by atoms with Crippen LogP contribution in [-0.4, -0.2) is 21.9 Å². The summed E-state index contributed by atoms with van der Waals surface area (Å²) in [6, 6.07) is 6.31. The number of hydrogen-bond donors (Lipinski definition) is 1. The smallest absolute Gasteiger partial charge is 0.301 e. The third-order valence-electron chi connectivity index (χ3n) is 2.21. The summed E-state index contributed by atoms with van der Waals surface area (Å²) in [5, 5.41) is 15.0. The molecule has 2 rings (SSSR count). The van der Waals surface area contributed by atoms with Gasteiger partial charge in [-0.25, -0.2) is 9.97 Å². The number of rotatable bonds is 4. The molecule has 0 bridgehead atoms. The van der Waals surface area contributed by atoms with Gasteiger partial charge < -0.3 is 5.32 Å². The Balaban J connectivity index is 2.43. The van der Waals surface area contributed by atoms with E-state index in [0.717, 1.165) is 11.8 Å². The molecule has 0 atom stereocenters. The number of pyridine rings is 2. The van der Waals surface area contributed by atoms with Crippen molar-refractivity contribution in [1.82, 2.24) is 9.97 Å². The average Bonchev–Trinajstić information content (AvgIpc) is 2.41. The molecule has 0 radical (unpaired) electrons. The summed E-state index contributed by atoms with van der Waals surface area (Å²) in [5.41, 5.74) is -0.0780. The number of aromatic nitrogens is 2. The molecule has 0 saturated heterocycles. The summed E-state index contributed by atoms with van der Waals surface area (Å²) in [7, 11) is 1.69. The molecule has 0 amide bonds. The quantitative estimate of drug-likeness (QED) is 0.689. The van der Waals surface area contributed by atoms with Gasteiger partial charge in [-0.1, -0.05) is 11.6 Å². The van der Waals surface area contributed by atoms with Gasteiger partial charge in [0.2, 0.25) is 0 Å². The van der Waals surface area contributed by atoms with Crippen LogP contribution in [0.5, 0.6) is 0 Å². The van der Waals surface area contributed by atoms with Gasteiger partial charge in [0.25, 0.3) is 0 Å². The Kier molecular flexibility index (Phi) is 4.18. The molecule has 0 unspecified atom stereocenters. The van der Waals surface area contributed by atoms with Crippen molar-refractivity contribution in [2.45, 2.75) is 10.1 Å². The van der Waals surface area contributed by atoms with Crippen LogP contribution in [0.25, 0.3) is 0 Å². The highest BCUT2D eigenvalue weighted by atomic mass is 35.5. The van der Waals surface area contributed by atoms with Crippen LogP contribution in [0.4, 0.5) is 11.5 Å². The lowest BCUT2D eigenvalue weighted by Gasteiger charge is -2.05. The number of nitrogens with one attached hydrogen (secondary N) is 1. The average molecular weight is 297 g/mol. The highest BCUT2D eigenvalue weighted by molar-refractivity contribution is 7.99. The Bertz CT molecular complexity index is 623. The number of nitro groups is 1. The largest absolute Gasteiger partial charge is 0.373 e. The van der Waals surface area contributed by atoms with Gasteiger partial charge in [0.15, 0.2) is 5.03 Å². The van der Waals surface area contributed by atoms with Crippen LogP contribution in [0.3, 0.4) is 0 Å². The lowest BCUT2D eigenvalue weighted by molar-refractivity contribution is -0.388. The first-order valence-corrected chi connectivity index (χ1v) is 6.43. The van der Waals surface area contributed by atoms with Crippen molar-refractivity contribution in [2.24, 2.45) is 0 Å². The van der Waals surface area contributed by atoms with Crippen LogP contribution < -0.4 is 5.32 Å². The van der Waals surface area contributed by atoms with Crippen molar-refractivity contribution in [1.29, 1.82) is 0 Å². The maximum Gasteiger partial charge on any atom is 0.301 e. The van der Waals surface area contributed by atoms with Crippen LogP contribution >= 0.6 is 23.4 Å². The van der Waals surface area contributed by atoms with Crippen molar-refractivity contribution in [3.63, 3.8) is 0 Å². The third kappa shape index (κ3) is 3.12. The molecular formula is C11H9ClN4O2S. The summed E-state index contributed by atoms with van der Waals surface area (Å²) in [5.74, 6) is 0.542. The first kappa shape index (κ1) is 13.6. The molecule has 0 fully saturated rings. The molecule has 2 aromatic heterocycles. The van der Waals surface area contributed by atoms with E-state index in [9.17, 15) is 10.1 Å². The van der Waals surface area contributed by atoms with Gasteiger partial charge >= 0.3 is 5.69 Å². The van der Waals surface area contributed by atoms with Crippen molar-refractivity contribution < 1.29 is 4.92 Å². The van der Waals surface area contributed by atoms with Crippen molar-refractivity contribution in [3.8, 4) is 0 Å². The molecule has 0 aliphatic heterocycles. The van der Waals surface area contributed by atoms with Gasteiger partial charge in [0.05, 0.1) is 9.95 Å². The number of hydrogen-bond acceptors (Lipinski definition) is 6. The Morgan fingerprint density at radius 1 is 1.37 bits per heavy atom. The van der Waals surface area contributed by atoms with Crippen molar-refractivity contribution in [3.05, 3.63) is 45.6 Å². The molecule has 1 N–H and O–H groups in total. The fraction of sp³-hybridized carbons (Fsp3) is 0.0909. The zero-order chi connectivity index (χ0) is 13.8. The molecule has 0 aliphatic rings. The Hall–Kier alpha value is -1.86. The van der Waals surface area contributed by atoms with Crippen LogP contribution in [-0.2, 0) is 0 Å². The monoisotopic (exact) mass is 296 g/mol. The molecule has 0 spiro atoms. The van der Waals surface area contributed by atoms with Gasteiger partial charge in [-0.15, -0.1) is 0 Å². The normalized spacial score (nSPS) is 10.2. The minimum Gasteiger partial charge on any atom is -0.373 e. The summed E-state index contributed by atoms with van der Waals surface area (Å²) < 4.78 is 0. The van der Waals surface area contributed by atoms with E-state index in [0.29, 0.717) is 15.9 Å². The van der Waals surface area contributed by atoms with Crippen LogP contribution in [0.1, 0.15) is 0 Å². The third-order valence-corrected chi connectivity index (χ3v) is 3.64. The zero-order valence-electron chi connectivity index (χ0n) is 9.83. The Morgan fingerprint density at radius 3 is 2.79 bits per heavy atom. The van der Waals surface area contributed by atoms with Crippen LogP contribution in [0.2, 0.25) is 5.02 Å². The Labute approximate surface area is 118 Å². The van der Waals surface area contributed by atoms with Gasteiger partial charge in [-0.05, 0) is 30.0 Å². The maximum atomic E-state index is 11.0. The van der Waals surface area contributed by atoms with E-state index >= 15 is 0 Å². The summed E-state index contributed by atoms with van der Waals surface area (Å²) in [4.78, 5) is 18.7. The molecule has 8 heteroatoms. The van der Waals surface area contributed by atoms with E-state index in [4.69, 9.17) is 11.6 Å². The van der Waals surface area contributed by atoms with Gasteiger partial charge in [-0.2, -0.15) is 0 Å². The van der Waals surface area contributed by atoms with Crippen molar-refractivity contribution in [2.75, 3.05) is 12.4 Å². The lowest BCUT2D eigenvalue weighted by Crippen LogP contribution is -1.98. The number of anilines is 1. The molecular weight excluding hydrogens is 288 g/mol. The van der Waals surface area contributed by atoms with Gasteiger partial charge in [0, 0.05) is 19.3 Å².